The lowest BCUT2D eigenvalue weighted by atomic mass is 9.81. The van der Waals surface area contributed by atoms with Crippen molar-refractivity contribution in [3.05, 3.63) is 249 Å². The van der Waals surface area contributed by atoms with Crippen molar-refractivity contribution in [3.63, 3.8) is 0 Å². The van der Waals surface area contributed by atoms with Gasteiger partial charge in [-0.15, -0.1) is 0 Å². The van der Waals surface area contributed by atoms with Crippen LogP contribution in [0, 0.1) is 0 Å². The molecular formula is C66H41N. The van der Waals surface area contributed by atoms with E-state index in [0.29, 0.717) is 0 Å². The first kappa shape index (κ1) is 37.6. The van der Waals surface area contributed by atoms with Crippen molar-refractivity contribution in [1.29, 1.82) is 0 Å². The number of hydrogen-bond donors (Lipinski definition) is 0. The lowest BCUT2D eigenvalue weighted by Crippen LogP contribution is -2.11. The predicted octanol–water partition coefficient (Wildman–Crippen LogP) is 18.8. The Morgan fingerprint density at radius 2 is 0.701 bits per heavy atom. The molecule has 14 aromatic carbocycles. The highest BCUT2D eigenvalue weighted by Crippen LogP contribution is 2.51. The second kappa shape index (κ2) is 14.9. The third-order valence-electron chi connectivity index (χ3n) is 14.3. The van der Waals surface area contributed by atoms with Crippen molar-refractivity contribution in [3.8, 4) is 33.4 Å². The Balaban J connectivity index is 1.12. The number of hydrogen-bond acceptors (Lipinski definition) is 1. The molecule has 14 rings (SSSR count). The van der Waals surface area contributed by atoms with E-state index < -0.39 is 0 Å². The van der Waals surface area contributed by atoms with Gasteiger partial charge in [0.2, 0.25) is 0 Å². The monoisotopic (exact) mass is 847 g/mol. The van der Waals surface area contributed by atoms with Gasteiger partial charge in [0, 0.05) is 16.8 Å². The van der Waals surface area contributed by atoms with Crippen LogP contribution in [0.4, 0.5) is 17.1 Å². The second-order valence-corrected chi connectivity index (χ2v) is 17.9. The molecule has 1 nitrogen and oxygen atoms in total. The lowest BCUT2D eigenvalue weighted by Gasteiger charge is -2.29. The lowest BCUT2D eigenvalue weighted by molar-refractivity contribution is 1.31. The zero-order chi connectivity index (χ0) is 44.0. The van der Waals surface area contributed by atoms with Gasteiger partial charge >= 0.3 is 0 Å². The van der Waals surface area contributed by atoms with Gasteiger partial charge in [-0.3, -0.25) is 0 Å². The van der Waals surface area contributed by atoms with Crippen LogP contribution in [0.3, 0.4) is 0 Å². The fourth-order valence-electron chi connectivity index (χ4n) is 11.4. The maximum Gasteiger partial charge on any atom is 0.0540 e. The fraction of sp³-hybridized carbons (Fsp3) is 0. The first-order valence-corrected chi connectivity index (χ1v) is 23.3. The second-order valence-electron chi connectivity index (χ2n) is 17.9. The van der Waals surface area contributed by atoms with Crippen LogP contribution in [-0.4, -0.2) is 0 Å². The third kappa shape index (κ3) is 5.75. The Labute approximate surface area is 388 Å². The van der Waals surface area contributed by atoms with Crippen LogP contribution in [0.15, 0.2) is 249 Å². The number of fused-ring (bicyclic) bond motifs is 9. The SMILES string of the molecule is c1ccc(-c2cc(-c3ccccc3)c3c4ccccc4c4cc(N(c5ccc6ccccc6c5)c5ccc6c7cccc8cccc(c9cccc5c96)c87)ccc4c3c2-c2ccccc2)cc1. The minimum Gasteiger partial charge on any atom is -0.310 e. The van der Waals surface area contributed by atoms with Gasteiger partial charge in [-0.1, -0.05) is 212 Å². The van der Waals surface area contributed by atoms with Crippen LogP contribution >= 0.6 is 0 Å². The van der Waals surface area contributed by atoms with E-state index in [2.05, 4.69) is 254 Å². The number of benzene rings is 14. The summed E-state index contributed by atoms with van der Waals surface area (Å²) in [6.07, 6.45) is 0. The van der Waals surface area contributed by atoms with E-state index in [1.54, 1.807) is 0 Å². The third-order valence-corrected chi connectivity index (χ3v) is 14.3. The molecule has 14 aromatic rings. The molecule has 0 aliphatic carbocycles. The van der Waals surface area contributed by atoms with Crippen molar-refractivity contribution >= 4 is 103 Å². The van der Waals surface area contributed by atoms with Gasteiger partial charge in [0.1, 0.15) is 0 Å². The summed E-state index contributed by atoms with van der Waals surface area (Å²) in [5.74, 6) is 0. The fourth-order valence-corrected chi connectivity index (χ4v) is 11.4. The number of nitrogens with zero attached hydrogens (tertiary/aromatic N) is 1. The maximum atomic E-state index is 2.50. The summed E-state index contributed by atoms with van der Waals surface area (Å²) in [4.78, 5) is 2.50. The highest BCUT2D eigenvalue weighted by atomic mass is 15.1. The Kier molecular flexibility index (Phi) is 8.35. The Morgan fingerprint density at radius 3 is 1.43 bits per heavy atom. The van der Waals surface area contributed by atoms with E-state index in [9.17, 15) is 0 Å². The Bertz CT molecular complexity index is 4200. The van der Waals surface area contributed by atoms with Crippen LogP contribution in [0.1, 0.15) is 0 Å². The van der Waals surface area contributed by atoms with Crippen molar-refractivity contribution in [2.75, 3.05) is 4.90 Å². The smallest absolute Gasteiger partial charge is 0.0540 e. The van der Waals surface area contributed by atoms with Gasteiger partial charge in [-0.05, 0) is 151 Å². The molecule has 310 valence electrons. The molecule has 0 atom stereocenters. The topological polar surface area (TPSA) is 3.24 Å². The summed E-state index contributed by atoms with van der Waals surface area (Å²) in [5, 5.41) is 20.2. The first-order chi connectivity index (χ1) is 33.3. The van der Waals surface area contributed by atoms with E-state index in [-0.39, 0.29) is 0 Å². The van der Waals surface area contributed by atoms with Gasteiger partial charge in [-0.2, -0.15) is 0 Å². The van der Waals surface area contributed by atoms with Crippen molar-refractivity contribution in [2.45, 2.75) is 0 Å². The molecule has 0 aliphatic heterocycles. The van der Waals surface area contributed by atoms with Crippen molar-refractivity contribution < 1.29 is 0 Å². The number of anilines is 3. The molecule has 0 N–H and O–H groups in total. The molecule has 1 heteroatoms. The van der Waals surface area contributed by atoms with Crippen LogP contribution in [0.5, 0.6) is 0 Å². The normalized spacial score (nSPS) is 11.9. The Hall–Kier alpha value is -8.78. The van der Waals surface area contributed by atoms with E-state index in [0.717, 1.165) is 17.1 Å². The summed E-state index contributed by atoms with van der Waals surface area (Å²) in [5.41, 5.74) is 10.7. The molecule has 0 saturated heterocycles. The molecule has 0 amide bonds. The molecule has 0 fully saturated rings. The molecule has 0 aliphatic rings. The van der Waals surface area contributed by atoms with Crippen LogP contribution in [-0.2, 0) is 0 Å². The quantitative estimate of drug-likeness (QED) is 0.119. The molecule has 0 heterocycles. The molecule has 67 heavy (non-hydrogen) atoms. The van der Waals surface area contributed by atoms with E-state index in [4.69, 9.17) is 0 Å². The maximum absolute atomic E-state index is 2.50. The molecule has 0 saturated carbocycles. The molecular weight excluding hydrogens is 807 g/mol. The van der Waals surface area contributed by atoms with Gasteiger partial charge < -0.3 is 4.90 Å². The summed E-state index contributed by atoms with van der Waals surface area (Å²) < 4.78 is 0. The minimum atomic E-state index is 1.11. The summed E-state index contributed by atoms with van der Waals surface area (Å²) in [7, 11) is 0. The summed E-state index contributed by atoms with van der Waals surface area (Å²) in [6, 6.07) is 92.3. The highest BCUT2D eigenvalue weighted by molar-refractivity contribution is 6.35. The molecule has 0 aromatic heterocycles. The average molecular weight is 848 g/mol. The predicted molar refractivity (Wildman–Crippen MR) is 289 cm³/mol. The largest absolute Gasteiger partial charge is 0.310 e. The zero-order valence-electron chi connectivity index (χ0n) is 36.6. The van der Waals surface area contributed by atoms with Gasteiger partial charge in [-0.25, -0.2) is 0 Å². The average Bonchev–Trinajstić information content (AvgIpc) is 3.40. The summed E-state index contributed by atoms with van der Waals surface area (Å²) in [6.45, 7) is 0. The molecule has 0 bridgehead atoms. The standard InChI is InChI=1S/C66H41N/c1-4-18-43(19-5-1)58-41-59(44-20-6-2-7-21-44)65-51-28-13-12-27-50(51)60-40-49(35-36-56(60)66(65)63(58)46-22-8-3-9-23-46)67(48-34-33-42-17-10-11-24-47(42)39-48)61-38-37-55-53-30-15-26-45-25-14-29-52(62(45)53)54-31-16-32-57(61)64(54)55/h1-41H. The van der Waals surface area contributed by atoms with Gasteiger partial charge in [0.15, 0.2) is 0 Å². The highest BCUT2D eigenvalue weighted by Gasteiger charge is 2.24. The molecule has 0 radical (unpaired) electrons. The molecule has 0 unspecified atom stereocenters. The van der Waals surface area contributed by atoms with Crippen LogP contribution < -0.4 is 4.90 Å². The van der Waals surface area contributed by atoms with E-state index in [1.807, 2.05) is 0 Å². The number of rotatable bonds is 6. The first-order valence-electron chi connectivity index (χ1n) is 23.3. The van der Waals surface area contributed by atoms with E-state index >= 15 is 0 Å². The van der Waals surface area contributed by atoms with Gasteiger partial charge in [0.25, 0.3) is 0 Å². The molecule has 0 spiro atoms. The van der Waals surface area contributed by atoms with E-state index in [1.165, 1.54) is 120 Å². The summed E-state index contributed by atoms with van der Waals surface area (Å²) >= 11 is 0. The van der Waals surface area contributed by atoms with Crippen molar-refractivity contribution in [1.82, 2.24) is 0 Å². The Morgan fingerprint density at radius 1 is 0.224 bits per heavy atom. The van der Waals surface area contributed by atoms with Crippen molar-refractivity contribution in [2.24, 2.45) is 0 Å². The zero-order valence-corrected chi connectivity index (χ0v) is 36.6. The van der Waals surface area contributed by atoms with Crippen LogP contribution in [0.25, 0.3) is 120 Å². The van der Waals surface area contributed by atoms with Crippen LogP contribution in [0.2, 0.25) is 0 Å². The minimum absolute atomic E-state index is 1.11. The van der Waals surface area contributed by atoms with Gasteiger partial charge in [0.05, 0.1) is 5.69 Å².